The maximum atomic E-state index is 4.10. The number of thiophene rings is 1. The Morgan fingerprint density at radius 3 is 2.93 bits per heavy atom. The summed E-state index contributed by atoms with van der Waals surface area (Å²) < 4.78 is 0. The number of hydrazone groups is 1. The molecule has 0 aliphatic rings. The molecule has 3 nitrogen and oxygen atoms in total. The van der Waals surface area contributed by atoms with Gasteiger partial charge in [0.2, 0.25) is 0 Å². The van der Waals surface area contributed by atoms with Crippen LogP contribution in [0.3, 0.4) is 0 Å². The molecule has 2 rings (SSSR count). The Hall–Kier alpha value is -1.68. The number of anilines is 1. The number of aromatic nitrogens is 1. The molecule has 15 heavy (non-hydrogen) atoms. The van der Waals surface area contributed by atoms with E-state index in [1.165, 1.54) is 4.88 Å². The van der Waals surface area contributed by atoms with Crippen LogP contribution in [0.5, 0.6) is 0 Å². The summed E-state index contributed by atoms with van der Waals surface area (Å²) in [4.78, 5) is 6.52. The van der Waals surface area contributed by atoms with E-state index in [9.17, 15) is 0 Å². The van der Waals surface area contributed by atoms with Crippen LogP contribution in [0.1, 0.15) is 9.75 Å². The highest BCUT2D eigenvalue weighted by atomic mass is 32.1. The van der Waals surface area contributed by atoms with Gasteiger partial charge in [-0.05, 0) is 31.2 Å². The van der Waals surface area contributed by atoms with Gasteiger partial charge in [-0.15, -0.1) is 11.3 Å². The number of hydrogen-bond acceptors (Lipinski definition) is 4. The van der Waals surface area contributed by atoms with Gasteiger partial charge in [-0.2, -0.15) is 5.10 Å². The summed E-state index contributed by atoms with van der Waals surface area (Å²) in [7, 11) is 0. The maximum Gasteiger partial charge on any atom is 0.146 e. The predicted octanol–water partition coefficient (Wildman–Crippen LogP) is 2.90. The Balaban J connectivity index is 1.96. The molecule has 2 aromatic rings. The predicted molar refractivity (Wildman–Crippen MR) is 64.5 cm³/mol. The van der Waals surface area contributed by atoms with Crippen LogP contribution in [0.15, 0.2) is 41.6 Å². The summed E-state index contributed by atoms with van der Waals surface area (Å²) in [5.41, 5.74) is 2.87. The van der Waals surface area contributed by atoms with Gasteiger partial charge >= 0.3 is 0 Å². The first-order chi connectivity index (χ1) is 7.34. The van der Waals surface area contributed by atoms with E-state index in [2.05, 4.69) is 28.5 Å². The molecule has 1 N–H and O–H groups in total. The molecule has 0 radical (unpaired) electrons. The van der Waals surface area contributed by atoms with Crippen molar-refractivity contribution < 1.29 is 0 Å². The average molecular weight is 217 g/mol. The molecule has 0 fully saturated rings. The van der Waals surface area contributed by atoms with Crippen molar-refractivity contribution in [1.82, 2.24) is 4.98 Å². The minimum absolute atomic E-state index is 0.752. The van der Waals surface area contributed by atoms with E-state index in [0.29, 0.717) is 0 Å². The van der Waals surface area contributed by atoms with E-state index in [1.54, 1.807) is 23.7 Å². The molecule has 0 aromatic carbocycles. The lowest BCUT2D eigenvalue weighted by atomic mass is 10.4. The van der Waals surface area contributed by atoms with Crippen LogP contribution in [0.4, 0.5) is 5.82 Å². The smallest absolute Gasteiger partial charge is 0.146 e. The SMILES string of the molecule is Cc1ccc(/C=N\Nc2ccccn2)s1. The molecule has 2 heterocycles. The molecule has 2 aromatic heterocycles. The van der Waals surface area contributed by atoms with Crippen molar-refractivity contribution in [2.45, 2.75) is 6.92 Å². The van der Waals surface area contributed by atoms with Gasteiger partial charge in [0.1, 0.15) is 5.82 Å². The highest BCUT2D eigenvalue weighted by Crippen LogP contribution is 2.12. The van der Waals surface area contributed by atoms with Crippen molar-refractivity contribution >= 4 is 23.4 Å². The fourth-order valence-electron chi connectivity index (χ4n) is 1.11. The van der Waals surface area contributed by atoms with Crippen molar-refractivity contribution in [2.75, 3.05) is 5.43 Å². The van der Waals surface area contributed by atoms with E-state index in [1.807, 2.05) is 24.3 Å². The zero-order chi connectivity index (χ0) is 10.5. The fraction of sp³-hybridized carbons (Fsp3) is 0.0909. The van der Waals surface area contributed by atoms with Crippen molar-refractivity contribution in [3.05, 3.63) is 46.3 Å². The summed E-state index contributed by atoms with van der Waals surface area (Å²) in [6.45, 7) is 2.08. The van der Waals surface area contributed by atoms with Crippen molar-refractivity contribution in [2.24, 2.45) is 5.10 Å². The molecule has 0 spiro atoms. The first-order valence-corrected chi connectivity index (χ1v) is 5.43. The largest absolute Gasteiger partial charge is 0.261 e. The third-order valence-corrected chi connectivity index (χ3v) is 2.73. The fourth-order valence-corrected chi connectivity index (χ4v) is 1.86. The molecular formula is C11H11N3S. The Morgan fingerprint density at radius 2 is 2.27 bits per heavy atom. The molecule has 0 unspecified atom stereocenters. The zero-order valence-electron chi connectivity index (χ0n) is 8.34. The molecule has 76 valence electrons. The highest BCUT2D eigenvalue weighted by Gasteiger charge is 1.91. The van der Waals surface area contributed by atoms with Gasteiger partial charge in [-0.3, -0.25) is 5.43 Å². The number of hydrogen-bond donors (Lipinski definition) is 1. The highest BCUT2D eigenvalue weighted by molar-refractivity contribution is 7.13. The van der Waals surface area contributed by atoms with Gasteiger partial charge in [-0.1, -0.05) is 6.07 Å². The van der Waals surface area contributed by atoms with Crippen LogP contribution < -0.4 is 5.43 Å². The standard InChI is InChI=1S/C11H11N3S/c1-9-5-6-10(15-9)8-13-14-11-4-2-3-7-12-11/h2-8H,1H3,(H,12,14)/b13-8-. The molecule has 0 saturated carbocycles. The number of nitrogens with zero attached hydrogens (tertiary/aromatic N) is 2. The third kappa shape index (κ3) is 2.89. The Bertz CT molecular complexity index is 448. The van der Waals surface area contributed by atoms with E-state index < -0.39 is 0 Å². The van der Waals surface area contributed by atoms with Gasteiger partial charge < -0.3 is 0 Å². The van der Waals surface area contributed by atoms with Crippen LogP contribution in [0.2, 0.25) is 0 Å². The van der Waals surface area contributed by atoms with E-state index in [-0.39, 0.29) is 0 Å². The average Bonchev–Trinajstić information content (AvgIpc) is 2.66. The monoisotopic (exact) mass is 217 g/mol. The Kier molecular flexibility index (Phi) is 3.09. The normalized spacial score (nSPS) is 10.7. The third-order valence-electron chi connectivity index (χ3n) is 1.80. The summed E-state index contributed by atoms with van der Waals surface area (Å²) in [6, 6.07) is 9.78. The molecule has 0 amide bonds. The Labute approximate surface area is 92.5 Å². The van der Waals surface area contributed by atoms with Crippen LogP contribution >= 0.6 is 11.3 Å². The molecule has 0 aliphatic heterocycles. The van der Waals surface area contributed by atoms with Gasteiger partial charge in [0.15, 0.2) is 0 Å². The van der Waals surface area contributed by atoms with Crippen LogP contribution in [-0.2, 0) is 0 Å². The van der Waals surface area contributed by atoms with Crippen LogP contribution in [-0.4, -0.2) is 11.2 Å². The van der Waals surface area contributed by atoms with Crippen LogP contribution in [0.25, 0.3) is 0 Å². The van der Waals surface area contributed by atoms with Crippen molar-refractivity contribution in [1.29, 1.82) is 0 Å². The molecule has 0 aliphatic carbocycles. The lowest BCUT2D eigenvalue weighted by Gasteiger charge is -1.95. The topological polar surface area (TPSA) is 37.3 Å². The van der Waals surface area contributed by atoms with Gasteiger partial charge in [0.05, 0.1) is 6.21 Å². The maximum absolute atomic E-state index is 4.10. The molecular weight excluding hydrogens is 206 g/mol. The lowest BCUT2D eigenvalue weighted by molar-refractivity contribution is 1.23. The summed E-state index contributed by atoms with van der Waals surface area (Å²) in [5.74, 6) is 0.752. The second kappa shape index (κ2) is 4.70. The van der Waals surface area contributed by atoms with E-state index in [4.69, 9.17) is 0 Å². The van der Waals surface area contributed by atoms with Gasteiger partial charge in [0, 0.05) is 16.0 Å². The van der Waals surface area contributed by atoms with Gasteiger partial charge in [-0.25, -0.2) is 4.98 Å². The minimum atomic E-state index is 0.752. The first kappa shape index (κ1) is 9.86. The van der Waals surface area contributed by atoms with Crippen LogP contribution in [0, 0.1) is 6.92 Å². The number of aryl methyl sites for hydroxylation is 1. The number of nitrogens with one attached hydrogen (secondary N) is 1. The number of rotatable bonds is 3. The second-order valence-electron chi connectivity index (χ2n) is 3.03. The van der Waals surface area contributed by atoms with Gasteiger partial charge in [0.25, 0.3) is 0 Å². The summed E-state index contributed by atoms with van der Waals surface area (Å²) in [6.07, 6.45) is 3.53. The molecule has 0 bridgehead atoms. The summed E-state index contributed by atoms with van der Waals surface area (Å²) >= 11 is 1.71. The van der Waals surface area contributed by atoms with E-state index >= 15 is 0 Å². The van der Waals surface area contributed by atoms with Crippen molar-refractivity contribution in [3.8, 4) is 0 Å². The zero-order valence-corrected chi connectivity index (χ0v) is 9.16. The minimum Gasteiger partial charge on any atom is -0.261 e. The quantitative estimate of drug-likeness (QED) is 0.634. The molecule has 0 saturated heterocycles. The first-order valence-electron chi connectivity index (χ1n) is 4.61. The van der Waals surface area contributed by atoms with E-state index in [0.717, 1.165) is 10.7 Å². The second-order valence-corrected chi connectivity index (χ2v) is 4.35. The number of pyridine rings is 1. The summed E-state index contributed by atoms with van der Waals surface area (Å²) in [5, 5.41) is 4.10. The molecule has 0 atom stereocenters. The Morgan fingerprint density at radius 1 is 1.33 bits per heavy atom. The molecule has 4 heteroatoms. The van der Waals surface area contributed by atoms with Crippen molar-refractivity contribution in [3.63, 3.8) is 0 Å². The lowest BCUT2D eigenvalue weighted by Crippen LogP contribution is -1.91.